The quantitative estimate of drug-likeness (QED) is 0.822. The Morgan fingerprint density at radius 1 is 1.10 bits per heavy atom. The number of amides is 1. The number of nitrogens with one attached hydrogen (secondary N) is 2. The molecule has 30 heavy (non-hydrogen) atoms. The van der Waals surface area contributed by atoms with Crippen LogP contribution in [0.15, 0.2) is 76.1 Å². The second-order valence-electron chi connectivity index (χ2n) is 8.00. The highest BCUT2D eigenvalue weighted by atomic mass is 16.2. The van der Waals surface area contributed by atoms with E-state index in [1.807, 2.05) is 45.1 Å². The Hall–Kier alpha value is -3.47. The first-order valence-electron chi connectivity index (χ1n) is 10.1. The smallest absolute Gasteiger partial charge is 0.277 e. The molecular formula is C25H25N3O2. The van der Waals surface area contributed by atoms with Gasteiger partial charge in [0.05, 0.1) is 5.69 Å². The summed E-state index contributed by atoms with van der Waals surface area (Å²) in [6, 6.07) is 9.74. The van der Waals surface area contributed by atoms with Crippen molar-refractivity contribution >= 4 is 11.5 Å². The molecule has 2 N–H and O–H groups in total. The van der Waals surface area contributed by atoms with Crippen LogP contribution in [0.5, 0.6) is 0 Å². The third-order valence-electron chi connectivity index (χ3n) is 6.11. The molecule has 0 spiro atoms. The maximum absolute atomic E-state index is 12.9. The first-order chi connectivity index (χ1) is 14.3. The average Bonchev–Trinajstić information content (AvgIpc) is 3.11. The summed E-state index contributed by atoms with van der Waals surface area (Å²) in [5.41, 5.74) is 7.63. The highest BCUT2D eigenvalue weighted by molar-refractivity contribution is 5.95. The second-order valence-corrected chi connectivity index (χ2v) is 8.00. The fourth-order valence-corrected chi connectivity index (χ4v) is 4.07. The summed E-state index contributed by atoms with van der Waals surface area (Å²) >= 11 is 0. The molecule has 5 nitrogen and oxygen atoms in total. The van der Waals surface area contributed by atoms with E-state index in [0.717, 1.165) is 40.7 Å². The molecule has 1 heterocycles. The molecule has 0 atom stereocenters. The van der Waals surface area contributed by atoms with Crippen molar-refractivity contribution in [3.8, 4) is 0 Å². The molecule has 2 aliphatic rings. The zero-order valence-electron chi connectivity index (χ0n) is 17.5. The maximum atomic E-state index is 12.9. The van der Waals surface area contributed by atoms with Gasteiger partial charge in [-0.3, -0.25) is 9.59 Å². The molecule has 1 aromatic heterocycles. The van der Waals surface area contributed by atoms with E-state index in [-0.39, 0.29) is 17.5 Å². The van der Waals surface area contributed by atoms with Crippen molar-refractivity contribution in [3.63, 3.8) is 0 Å². The van der Waals surface area contributed by atoms with Crippen molar-refractivity contribution in [1.82, 2.24) is 15.5 Å². The molecule has 0 fully saturated rings. The molecule has 0 radical (unpaired) electrons. The van der Waals surface area contributed by atoms with Crippen molar-refractivity contribution < 1.29 is 4.79 Å². The minimum atomic E-state index is -0.490. The topological polar surface area (TPSA) is 74.8 Å². The van der Waals surface area contributed by atoms with Crippen LogP contribution in [0.2, 0.25) is 0 Å². The summed E-state index contributed by atoms with van der Waals surface area (Å²) in [4.78, 5) is 25.3. The monoisotopic (exact) mass is 399 g/mol. The van der Waals surface area contributed by atoms with Crippen LogP contribution < -0.4 is 10.9 Å². The Kier molecular flexibility index (Phi) is 5.12. The van der Waals surface area contributed by atoms with Gasteiger partial charge in [0.1, 0.15) is 5.56 Å². The van der Waals surface area contributed by atoms with E-state index in [4.69, 9.17) is 0 Å². The Balaban J connectivity index is 1.62. The number of allylic oxidation sites excluding steroid dienone is 7. The van der Waals surface area contributed by atoms with Gasteiger partial charge in [-0.1, -0.05) is 43.0 Å². The lowest BCUT2D eigenvalue weighted by molar-refractivity contribution is 0.0936. The number of aromatic amines is 1. The number of H-pyrrole nitrogens is 1. The predicted octanol–water partition coefficient (Wildman–Crippen LogP) is 3.90. The van der Waals surface area contributed by atoms with Crippen LogP contribution in [0.3, 0.4) is 0 Å². The average molecular weight is 399 g/mol. The van der Waals surface area contributed by atoms with E-state index in [1.54, 1.807) is 6.07 Å². The molecule has 1 aromatic carbocycles. The molecule has 0 bridgehead atoms. The first kappa shape index (κ1) is 19.8. The molecule has 1 amide bonds. The van der Waals surface area contributed by atoms with Gasteiger partial charge in [-0.05, 0) is 73.1 Å². The van der Waals surface area contributed by atoms with Crippen LogP contribution >= 0.6 is 0 Å². The molecule has 2 aliphatic carbocycles. The molecule has 2 aromatic rings. The first-order valence-corrected chi connectivity index (χ1v) is 10.1. The third kappa shape index (κ3) is 3.59. The molecule has 4 rings (SSSR count). The van der Waals surface area contributed by atoms with Gasteiger partial charge in [-0.25, -0.2) is 5.10 Å². The van der Waals surface area contributed by atoms with Crippen LogP contribution in [0.25, 0.3) is 5.57 Å². The molecule has 0 saturated carbocycles. The molecule has 152 valence electrons. The summed E-state index contributed by atoms with van der Waals surface area (Å²) in [7, 11) is 0. The van der Waals surface area contributed by atoms with Crippen LogP contribution in [0, 0.1) is 0 Å². The van der Waals surface area contributed by atoms with E-state index < -0.39 is 5.56 Å². The van der Waals surface area contributed by atoms with Crippen molar-refractivity contribution in [2.75, 3.05) is 0 Å². The van der Waals surface area contributed by atoms with Crippen LogP contribution in [-0.2, 0) is 12.8 Å². The second kappa shape index (κ2) is 7.75. The fourth-order valence-electron chi connectivity index (χ4n) is 4.07. The van der Waals surface area contributed by atoms with E-state index in [1.165, 1.54) is 11.1 Å². The van der Waals surface area contributed by atoms with Crippen molar-refractivity contribution in [2.24, 2.45) is 0 Å². The van der Waals surface area contributed by atoms with Gasteiger partial charge in [-0.2, -0.15) is 5.10 Å². The Morgan fingerprint density at radius 2 is 1.77 bits per heavy atom. The van der Waals surface area contributed by atoms with Gasteiger partial charge < -0.3 is 5.32 Å². The number of aromatic nitrogens is 2. The number of carbonyl (C=O) groups is 1. The lowest BCUT2D eigenvalue weighted by Crippen LogP contribution is -2.38. The number of nitrogens with zero attached hydrogens (tertiary/aromatic N) is 1. The number of hydrogen-bond acceptors (Lipinski definition) is 3. The van der Waals surface area contributed by atoms with E-state index in [2.05, 4.69) is 34.2 Å². The molecule has 0 aliphatic heterocycles. The number of carbonyl (C=O) groups excluding carboxylic acids is 1. The van der Waals surface area contributed by atoms with Crippen molar-refractivity contribution in [1.29, 1.82) is 0 Å². The zero-order chi connectivity index (χ0) is 21.4. The molecule has 5 heteroatoms. The highest BCUT2D eigenvalue weighted by Crippen LogP contribution is 2.32. The fraction of sp³-hybridized carbons (Fsp3) is 0.240. The number of hydrogen-bond donors (Lipinski definition) is 2. The predicted molar refractivity (Wildman–Crippen MR) is 119 cm³/mol. The van der Waals surface area contributed by atoms with Gasteiger partial charge in [-0.15, -0.1) is 0 Å². The third-order valence-corrected chi connectivity index (χ3v) is 6.11. The van der Waals surface area contributed by atoms with Gasteiger partial charge in [0, 0.05) is 11.6 Å². The van der Waals surface area contributed by atoms with Crippen LogP contribution in [0.4, 0.5) is 0 Å². The van der Waals surface area contributed by atoms with Crippen molar-refractivity contribution in [3.05, 3.63) is 104 Å². The largest absolute Gasteiger partial charge is 0.348 e. The standard InChI is InChI=1S/C25H25N3O2/c1-14-9-10-21(17(4)16(3)15(14)2)23-13-22(25(30)28-27-23)24(29)26-20-11-18-7-5-6-8-19(18)12-20/h5-10,13,20H,2,11-12H2,1,3-4H3,(H,26,29)(H,28,30). The minimum absolute atomic E-state index is 0.0132. The van der Waals surface area contributed by atoms with Crippen LogP contribution in [0.1, 0.15) is 48.0 Å². The summed E-state index contributed by atoms with van der Waals surface area (Å²) in [5, 5.41) is 9.72. The summed E-state index contributed by atoms with van der Waals surface area (Å²) in [6.45, 7) is 10.2. The Bertz CT molecular complexity index is 1190. The number of benzene rings is 1. The van der Waals surface area contributed by atoms with E-state index in [9.17, 15) is 9.59 Å². The normalized spacial score (nSPS) is 16.7. The van der Waals surface area contributed by atoms with Crippen LogP contribution in [-0.4, -0.2) is 22.1 Å². The summed E-state index contributed by atoms with van der Waals surface area (Å²) in [6.07, 6.45) is 5.49. The van der Waals surface area contributed by atoms with Crippen molar-refractivity contribution in [2.45, 2.75) is 39.7 Å². The Labute approximate surface area is 175 Å². The molecule has 0 saturated heterocycles. The summed E-state index contributed by atoms with van der Waals surface area (Å²) < 4.78 is 0. The number of fused-ring (bicyclic) bond motifs is 1. The lowest BCUT2D eigenvalue weighted by atomic mass is 9.95. The maximum Gasteiger partial charge on any atom is 0.277 e. The highest BCUT2D eigenvalue weighted by Gasteiger charge is 2.24. The van der Waals surface area contributed by atoms with E-state index >= 15 is 0 Å². The van der Waals surface area contributed by atoms with E-state index in [0.29, 0.717) is 5.69 Å². The SMILES string of the molecule is C=C1C(C)=CC=C(c2cc(C(=O)NC3Cc4ccccc4C3)c(=O)[nH]n2)C(C)=C1C. The van der Waals surface area contributed by atoms with Gasteiger partial charge >= 0.3 is 0 Å². The Morgan fingerprint density at radius 3 is 2.43 bits per heavy atom. The van der Waals surface area contributed by atoms with Gasteiger partial charge in [0.15, 0.2) is 0 Å². The minimum Gasteiger partial charge on any atom is -0.348 e. The summed E-state index contributed by atoms with van der Waals surface area (Å²) in [5.74, 6) is -0.374. The lowest BCUT2D eigenvalue weighted by Gasteiger charge is -2.13. The number of rotatable bonds is 3. The van der Waals surface area contributed by atoms with Gasteiger partial charge in [0.25, 0.3) is 11.5 Å². The zero-order valence-corrected chi connectivity index (χ0v) is 17.5. The van der Waals surface area contributed by atoms with Gasteiger partial charge in [0.2, 0.25) is 0 Å². The molecule has 0 unspecified atom stereocenters. The molecular weight excluding hydrogens is 374 g/mol.